The fraction of sp³-hybridized carbons (Fsp3) is 0.419. The predicted molar refractivity (Wildman–Crippen MR) is 211 cm³/mol. The first-order valence-corrected chi connectivity index (χ1v) is 21.1. The Balaban J connectivity index is 1.39. The molecule has 4 aromatic rings. The van der Waals surface area contributed by atoms with Crippen LogP contribution >= 0.6 is 11.8 Å². The van der Waals surface area contributed by atoms with Crippen LogP contribution in [0.4, 0.5) is 0 Å². The Kier molecular flexibility index (Phi) is 17.4. The molecule has 1 unspecified atom stereocenters. The molecule has 10 heteroatoms. The van der Waals surface area contributed by atoms with Crippen molar-refractivity contribution in [1.82, 2.24) is 0 Å². The molecule has 0 aliphatic carbocycles. The van der Waals surface area contributed by atoms with Crippen LogP contribution in [0.1, 0.15) is 114 Å². The van der Waals surface area contributed by atoms with Crippen LogP contribution in [-0.4, -0.2) is 42.2 Å². The number of phenolic OH excluding ortho intramolecular Hbond substituents is 1. The lowest BCUT2D eigenvalue weighted by Crippen LogP contribution is -2.05. The van der Waals surface area contributed by atoms with Gasteiger partial charge in [0.15, 0.2) is 0 Å². The Morgan fingerprint density at radius 3 is 2.17 bits per heavy atom. The third-order valence-electron chi connectivity index (χ3n) is 9.06. The predicted octanol–water partition coefficient (Wildman–Crippen LogP) is 10.7. The van der Waals surface area contributed by atoms with Crippen LogP contribution in [0.3, 0.4) is 0 Å². The summed E-state index contributed by atoms with van der Waals surface area (Å²) in [5, 5.41) is 22.4. The second-order valence-corrected chi connectivity index (χ2v) is 15.9. The molecule has 0 spiro atoms. The summed E-state index contributed by atoms with van der Waals surface area (Å²) in [5.41, 5.74) is 2.57. The van der Waals surface area contributed by atoms with E-state index >= 15 is 0 Å². The van der Waals surface area contributed by atoms with E-state index in [0.717, 1.165) is 67.6 Å². The van der Waals surface area contributed by atoms with Gasteiger partial charge in [-0.25, -0.2) is 0 Å². The lowest BCUT2D eigenvalue weighted by molar-refractivity contribution is -0.119. The van der Waals surface area contributed by atoms with E-state index in [1.54, 1.807) is 48.5 Å². The van der Waals surface area contributed by atoms with Crippen molar-refractivity contribution in [2.45, 2.75) is 118 Å². The normalized spacial score (nSPS) is 12.2. The highest BCUT2D eigenvalue weighted by atomic mass is 32.2. The lowest BCUT2D eigenvalue weighted by atomic mass is 9.92. The zero-order valence-electron chi connectivity index (χ0n) is 31.0. The van der Waals surface area contributed by atoms with E-state index in [1.165, 1.54) is 36.7 Å². The second-order valence-electron chi connectivity index (χ2n) is 13.4. The molecule has 0 radical (unpaired) electrons. The SMILES string of the molecule is CCCCCCC(=O)CCCCCCOCc1ccc(O)c(C(O)c2ccccc2-c2ccc(Sc3ccc(OCCCC)cc3)c(S(=O)(=O)O)c2)c1. The van der Waals surface area contributed by atoms with Crippen molar-refractivity contribution in [1.29, 1.82) is 0 Å². The number of rotatable bonds is 24. The van der Waals surface area contributed by atoms with Crippen molar-refractivity contribution < 1.29 is 37.5 Å². The van der Waals surface area contributed by atoms with Gasteiger partial charge in [-0.1, -0.05) is 101 Å². The highest BCUT2D eigenvalue weighted by Gasteiger charge is 2.22. The first-order chi connectivity index (χ1) is 25.6. The lowest BCUT2D eigenvalue weighted by Gasteiger charge is -2.19. The van der Waals surface area contributed by atoms with E-state index in [1.807, 2.05) is 24.3 Å². The number of hydrogen-bond donors (Lipinski definition) is 3. The van der Waals surface area contributed by atoms with Gasteiger partial charge < -0.3 is 19.7 Å². The average molecular weight is 763 g/mol. The van der Waals surface area contributed by atoms with E-state index in [0.29, 0.717) is 65.6 Å². The number of aliphatic hydroxyl groups excluding tert-OH is 1. The molecule has 4 aromatic carbocycles. The number of carbonyl (C=O) groups is 1. The van der Waals surface area contributed by atoms with Crippen LogP contribution in [0.2, 0.25) is 0 Å². The quantitative estimate of drug-likeness (QED) is 0.0471. The number of phenols is 1. The summed E-state index contributed by atoms with van der Waals surface area (Å²) < 4.78 is 47.1. The van der Waals surface area contributed by atoms with Gasteiger partial charge in [-0.2, -0.15) is 8.42 Å². The minimum atomic E-state index is -4.61. The third kappa shape index (κ3) is 13.6. The second kappa shape index (κ2) is 21.9. The van der Waals surface area contributed by atoms with Gasteiger partial charge in [-0.15, -0.1) is 0 Å². The van der Waals surface area contributed by atoms with Gasteiger partial charge in [0.2, 0.25) is 0 Å². The van der Waals surface area contributed by atoms with Crippen LogP contribution in [0.5, 0.6) is 11.5 Å². The molecule has 0 fully saturated rings. The van der Waals surface area contributed by atoms with Crippen molar-refractivity contribution in [2.24, 2.45) is 0 Å². The van der Waals surface area contributed by atoms with Crippen molar-refractivity contribution in [3.63, 3.8) is 0 Å². The molecule has 0 amide bonds. The average Bonchev–Trinajstić information content (AvgIpc) is 3.15. The summed E-state index contributed by atoms with van der Waals surface area (Å²) in [6, 6.07) is 24.2. The van der Waals surface area contributed by atoms with Gasteiger partial charge in [-0.3, -0.25) is 9.35 Å². The van der Waals surface area contributed by atoms with E-state index in [4.69, 9.17) is 9.47 Å². The fourth-order valence-corrected chi connectivity index (χ4v) is 7.91. The summed E-state index contributed by atoms with van der Waals surface area (Å²) in [7, 11) is -4.61. The van der Waals surface area contributed by atoms with Gasteiger partial charge in [0.1, 0.15) is 28.3 Å². The third-order valence-corrected chi connectivity index (χ3v) is 11.2. The Bertz CT molecular complexity index is 1840. The topological polar surface area (TPSA) is 130 Å². The molecule has 0 heterocycles. The van der Waals surface area contributed by atoms with Gasteiger partial charge in [0, 0.05) is 34.8 Å². The molecule has 0 aliphatic rings. The number of ketones is 1. The molecule has 0 bridgehead atoms. The zero-order valence-corrected chi connectivity index (χ0v) is 32.6. The summed E-state index contributed by atoms with van der Waals surface area (Å²) in [5.74, 6) is 1.02. The van der Waals surface area contributed by atoms with Gasteiger partial charge in [-0.05, 0) is 96.5 Å². The summed E-state index contributed by atoms with van der Waals surface area (Å²) in [6.07, 6.45) is 10.4. The maximum atomic E-state index is 12.6. The molecule has 0 aromatic heterocycles. The first kappa shape index (κ1) is 42.1. The number of Topliss-reactive ketones (excluding diaryl/α,β-unsaturated/α-hetero) is 1. The molecule has 1 atom stereocenters. The molecular formula is C43H54O8S2. The molecule has 0 saturated heterocycles. The summed E-state index contributed by atoms with van der Waals surface area (Å²) in [4.78, 5) is 12.9. The maximum Gasteiger partial charge on any atom is 0.295 e. The van der Waals surface area contributed by atoms with E-state index in [2.05, 4.69) is 13.8 Å². The van der Waals surface area contributed by atoms with Crippen molar-refractivity contribution >= 4 is 27.7 Å². The standard InChI is InChI=1S/C43H54O8S2/c1-3-5-7-10-15-34(44)16-11-8-9-14-27-50-31-32-19-25-40(45)39(29-32)43(46)38-18-13-12-17-37(38)33-20-26-41(42(30-33)53(47,48)49)52-36-23-21-35(22-24-36)51-28-6-4-2/h12-13,17-26,29-30,43,45-46H,3-11,14-16,27-28,31H2,1-2H3,(H,47,48,49). The molecule has 3 N–H and O–H groups in total. The van der Waals surface area contributed by atoms with E-state index in [9.17, 15) is 28.0 Å². The number of hydrogen-bond acceptors (Lipinski definition) is 8. The Morgan fingerprint density at radius 2 is 1.45 bits per heavy atom. The molecule has 286 valence electrons. The van der Waals surface area contributed by atoms with Crippen LogP contribution in [-0.2, 0) is 26.3 Å². The maximum absolute atomic E-state index is 12.6. The highest BCUT2D eigenvalue weighted by Crippen LogP contribution is 2.40. The zero-order chi connectivity index (χ0) is 38.1. The Morgan fingerprint density at radius 1 is 0.755 bits per heavy atom. The largest absolute Gasteiger partial charge is 0.508 e. The number of unbranched alkanes of at least 4 members (excludes halogenated alkanes) is 7. The minimum Gasteiger partial charge on any atom is -0.508 e. The monoisotopic (exact) mass is 762 g/mol. The van der Waals surface area contributed by atoms with E-state index < -0.39 is 16.2 Å². The molecule has 8 nitrogen and oxygen atoms in total. The molecular weight excluding hydrogens is 709 g/mol. The van der Waals surface area contributed by atoms with Gasteiger partial charge in [0.05, 0.1) is 13.2 Å². The number of aromatic hydroxyl groups is 1. The van der Waals surface area contributed by atoms with Crippen molar-refractivity contribution in [3.8, 4) is 22.6 Å². The minimum absolute atomic E-state index is 0.0804. The van der Waals surface area contributed by atoms with E-state index in [-0.39, 0.29) is 10.6 Å². The molecule has 53 heavy (non-hydrogen) atoms. The number of benzene rings is 4. The van der Waals surface area contributed by atoms with Crippen LogP contribution < -0.4 is 4.74 Å². The van der Waals surface area contributed by atoms with Crippen LogP contribution in [0.15, 0.2) is 99.6 Å². The number of aliphatic hydroxyl groups is 1. The summed E-state index contributed by atoms with van der Waals surface area (Å²) >= 11 is 1.21. The van der Waals surface area contributed by atoms with Crippen LogP contribution in [0.25, 0.3) is 11.1 Å². The number of ether oxygens (including phenoxy) is 2. The number of carbonyl (C=O) groups excluding carboxylic acids is 1. The van der Waals surface area contributed by atoms with Crippen molar-refractivity contribution in [2.75, 3.05) is 13.2 Å². The summed E-state index contributed by atoms with van der Waals surface area (Å²) in [6.45, 7) is 5.76. The fourth-order valence-electron chi connectivity index (χ4n) is 6.05. The van der Waals surface area contributed by atoms with Gasteiger partial charge in [0.25, 0.3) is 10.1 Å². The molecule has 0 saturated carbocycles. The highest BCUT2D eigenvalue weighted by molar-refractivity contribution is 8.00. The van der Waals surface area contributed by atoms with Gasteiger partial charge >= 0.3 is 0 Å². The van der Waals surface area contributed by atoms with Crippen LogP contribution in [0, 0.1) is 0 Å². The smallest absolute Gasteiger partial charge is 0.295 e. The molecule has 0 aliphatic heterocycles. The first-order valence-electron chi connectivity index (χ1n) is 18.8. The molecule has 4 rings (SSSR count). The Hall–Kier alpha value is -3.67. The van der Waals surface area contributed by atoms with Crippen molar-refractivity contribution in [3.05, 3.63) is 102 Å². The Labute approximate surface area is 319 Å².